The van der Waals surface area contributed by atoms with Crippen LogP contribution in [0.25, 0.3) is 0 Å². The van der Waals surface area contributed by atoms with Crippen molar-refractivity contribution in [3.8, 4) is 0 Å². The van der Waals surface area contributed by atoms with Gasteiger partial charge in [0.05, 0.1) is 0 Å². The van der Waals surface area contributed by atoms with Crippen molar-refractivity contribution in [2.75, 3.05) is 7.05 Å². The molecule has 15 heavy (non-hydrogen) atoms. The van der Waals surface area contributed by atoms with Crippen molar-refractivity contribution in [3.63, 3.8) is 0 Å². The third-order valence-corrected chi connectivity index (χ3v) is 3.02. The molecule has 2 rings (SSSR count). The van der Waals surface area contributed by atoms with Gasteiger partial charge in [0.1, 0.15) is 11.6 Å². The Hall–Kier alpha value is -0.960. The van der Waals surface area contributed by atoms with Crippen molar-refractivity contribution in [2.24, 2.45) is 5.92 Å². The summed E-state index contributed by atoms with van der Waals surface area (Å²) in [6.07, 6.45) is 2.20. The highest BCUT2D eigenvalue weighted by Gasteiger charge is 2.33. The van der Waals surface area contributed by atoms with Gasteiger partial charge in [0.25, 0.3) is 0 Å². The lowest BCUT2D eigenvalue weighted by molar-refractivity contribution is 0.484. The summed E-state index contributed by atoms with van der Waals surface area (Å²) in [6.45, 7) is 1.58. The molecule has 0 aliphatic heterocycles. The van der Waals surface area contributed by atoms with E-state index < -0.39 is 0 Å². The first-order chi connectivity index (χ1) is 7.13. The third-order valence-electron chi connectivity index (χ3n) is 3.02. The Balaban J connectivity index is 2.37. The number of hydrogen-bond acceptors (Lipinski definition) is 1. The summed E-state index contributed by atoms with van der Waals surface area (Å²) in [5.41, 5.74) is 0.824. The maximum atomic E-state index is 13.6. The first kappa shape index (κ1) is 10.6. The van der Waals surface area contributed by atoms with E-state index in [1.165, 1.54) is 12.1 Å². The normalized spacial score (nSPS) is 17.9. The summed E-state index contributed by atoms with van der Waals surface area (Å²) in [5.74, 6) is -0.168. The van der Waals surface area contributed by atoms with Gasteiger partial charge >= 0.3 is 0 Å². The van der Waals surface area contributed by atoms with Gasteiger partial charge in [-0.3, -0.25) is 0 Å². The second-order valence-corrected chi connectivity index (χ2v) is 4.23. The number of rotatable bonds is 3. The van der Waals surface area contributed by atoms with E-state index in [1.807, 2.05) is 0 Å². The van der Waals surface area contributed by atoms with Gasteiger partial charge in [-0.05, 0) is 50.4 Å². The zero-order chi connectivity index (χ0) is 11.0. The highest BCUT2D eigenvalue weighted by Crippen LogP contribution is 2.41. The number of hydrogen-bond donors (Lipinski definition) is 1. The summed E-state index contributed by atoms with van der Waals surface area (Å²) >= 11 is 0. The monoisotopic (exact) mass is 211 g/mol. The summed E-state index contributed by atoms with van der Waals surface area (Å²) in [6, 6.07) is 2.56. The van der Waals surface area contributed by atoms with Crippen LogP contribution in [-0.4, -0.2) is 7.05 Å². The molecule has 0 amide bonds. The lowest BCUT2D eigenvalue weighted by atomic mass is 10.00. The van der Waals surface area contributed by atoms with Crippen molar-refractivity contribution >= 4 is 0 Å². The van der Waals surface area contributed by atoms with Crippen LogP contribution >= 0.6 is 0 Å². The van der Waals surface area contributed by atoms with Gasteiger partial charge in [-0.2, -0.15) is 0 Å². The van der Waals surface area contributed by atoms with Crippen LogP contribution in [-0.2, 0) is 0 Å². The van der Waals surface area contributed by atoms with Crippen molar-refractivity contribution < 1.29 is 8.78 Å². The molecular weight excluding hydrogens is 196 g/mol. The van der Waals surface area contributed by atoms with Gasteiger partial charge in [0.2, 0.25) is 0 Å². The summed E-state index contributed by atoms with van der Waals surface area (Å²) in [4.78, 5) is 0. The van der Waals surface area contributed by atoms with E-state index >= 15 is 0 Å². The summed E-state index contributed by atoms with van der Waals surface area (Å²) < 4.78 is 27.0. The predicted octanol–water partition coefficient (Wildman–Crippen LogP) is 2.94. The highest BCUT2D eigenvalue weighted by atomic mass is 19.1. The second kappa shape index (κ2) is 3.89. The van der Waals surface area contributed by atoms with E-state index in [0.717, 1.165) is 12.8 Å². The van der Waals surface area contributed by atoms with E-state index in [4.69, 9.17) is 0 Å². The molecule has 0 spiro atoms. The largest absolute Gasteiger partial charge is 0.313 e. The summed E-state index contributed by atoms with van der Waals surface area (Å²) in [7, 11) is 1.79. The Morgan fingerprint density at radius 3 is 2.47 bits per heavy atom. The van der Waals surface area contributed by atoms with Crippen molar-refractivity contribution in [1.29, 1.82) is 0 Å². The van der Waals surface area contributed by atoms with Crippen molar-refractivity contribution in [1.82, 2.24) is 5.32 Å². The van der Waals surface area contributed by atoms with Crippen molar-refractivity contribution in [3.05, 3.63) is 34.9 Å². The summed E-state index contributed by atoms with van der Waals surface area (Å²) in [5, 5.41) is 3.06. The molecule has 82 valence electrons. The molecule has 0 heterocycles. The molecule has 1 unspecified atom stereocenters. The number of nitrogens with one attached hydrogen (secondary N) is 1. The lowest BCUT2D eigenvalue weighted by Crippen LogP contribution is -2.20. The standard InChI is InChI=1S/C12H15F2N/c1-7-5-11(14)9(6-10(7)13)12(15-2)8-3-4-8/h5-6,8,12,15H,3-4H2,1-2H3. The van der Waals surface area contributed by atoms with Crippen LogP contribution in [0, 0.1) is 24.5 Å². The molecular formula is C12H15F2N. The van der Waals surface area contributed by atoms with Crippen LogP contribution in [0.4, 0.5) is 8.78 Å². The van der Waals surface area contributed by atoms with E-state index in [9.17, 15) is 8.78 Å². The zero-order valence-corrected chi connectivity index (χ0v) is 8.98. The van der Waals surface area contributed by atoms with Gasteiger partial charge in [-0.15, -0.1) is 0 Å². The lowest BCUT2D eigenvalue weighted by Gasteiger charge is -2.17. The maximum absolute atomic E-state index is 13.6. The van der Waals surface area contributed by atoms with E-state index in [2.05, 4.69) is 5.32 Å². The molecule has 0 aromatic heterocycles. The molecule has 3 heteroatoms. The van der Waals surface area contributed by atoms with Crippen LogP contribution in [0.1, 0.15) is 30.0 Å². The number of halogens is 2. The Kier molecular flexibility index (Phi) is 2.74. The molecule has 1 nitrogen and oxygen atoms in total. The van der Waals surface area contributed by atoms with Crippen molar-refractivity contribution in [2.45, 2.75) is 25.8 Å². The first-order valence-corrected chi connectivity index (χ1v) is 5.26. The van der Waals surface area contributed by atoms with Crippen LogP contribution in [0.15, 0.2) is 12.1 Å². The van der Waals surface area contributed by atoms with Gasteiger partial charge in [0, 0.05) is 11.6 Å². The molecule has 1 aromatic carbocycles. The fraction of sp³-hybridized carbons (Fsp3) is 0.500. The van der Waals surface area contributed by atoms with Gasteiger partial charge < -0.3 is 5.32 Å². The molecule has 0 radical (unpaired) electrons. The Morgan fingerprint density at radius 1 is 1.27 bits per heavy atom. The molecule has 0 bridgehead atoms. The van der Waals surface area contributed by atoms with Gasteiger partial charge in [-0.1, -0.05) is 0 Å². The molecule has 1 aliphatic rings. The average molecular weight is 211 g/mol. The minimum Gasteiger partial charge on any atom is -0.313 e. The topological polar surface area (TPSA) is 12.0 Å². The van der Waals surface area contributed by atoms with Gasteiger partial charge in [-0.25, -0.2) is 8.78 Å². The quantitative estimate of drug-likeness (QED) is 0.810. The minimum absolute atomic E-state index is 0.0416. The Bertz CT molecular complexity index is 372. The second-order valence-electron chi connectivity index (χ2n) is 4.23. The minimum atomic E-state index is -0.327. The molecule has 1 atom stereocenters. The van der Waals surface area contributed by atoms with Crippen LogP contribution in [0.2, 0.25) is 0 Å². The molecule has 1 N–H and O–H groups in total. The SMILES string of the molecule is CNC(c1cc(F)c(C)cc1F)C1CC1. The first-order valence-electron chi connectivity index (χ1n) is 5.26. The molecule has 1 fully saturated rings. The predicted molar refractivity (Wildman–Crippen MR) is 55.6 cm³/mol. The Labute approximate surface area is 88.5 Å². The zero-order valence-electron chi connectivity index (χ0n) is 8.98. The van der Waals surface area contributed by atoms with E-state index in [-0.39, 0.29) is 17.7 Å². The van der Waals surface area contributed by atoms with Crippen LogP contribution < -0.4 is 5.32 Å². The average Bonchev–Trinajstić information content (AvgIpc) is 2.99. The Morgan fingerprint density at radius 2 is 1.93 bits per heavy atom. The number of benzene rings is 1. The fourth-order valence-electron chi connectivity index (χ4n) is 1.97. The molecule has 0 saturated heterocycles. The number of aryl methyl sites for hydroxylation is 1. The highest BCUT2D eigenvalue weighted by molar-refractivity contribution is 5.28. The van der Waals surface area contributed by atoms with E-state index in [0.29, 0.717) is 17.0 Å². The van der Waals surface area contributed by atoms with Crippen LogP contribution in [0.3, 0.4) is 0 Å². The van der Waals surface area contributed by atoms with E-state index in [1.54, 1.807) is 14.0 Å². The molecule has 1 aromatic rings. The smallest absolute Gasteiger partial charge is 0.128 e. The third kappa shape index (κ3) is 2.02. The fourth-order valence-corrected chi connectivity index (χ4v) is 1.97. The molecule has 1 aliphatic carbocycles. The maximum Gasteiger partial charge on any atom is 0.128 e. The molecule has 1 saturated carbocycles. The van der Waals surface area contributed by atoms with Gasteiger partial charge in [0.15, 0.2) is 0 Å². The van der Waals surface area contributed by atoms with Crippen LogP contribution in [0.5, 0.6) is 0 Å².